The monoisotopic (exact) mass is 313 g/mol. The van der Waals surface area contributed by atoms with Gasteiger partial charge in [0, 0.05) is 55.7 Å². The Labute approximate surface area is 141 Å². The average Bonchev–Trinajstić information content (AvgIpc) is 2.92. The number of benzene rings is 1. The maximum atomic E-state index is 4.43. The van der Waals surface area contributed by atoms with E-state index in [4.69, 9.17) is 0 Å². The lowest BCUT2D eigenvalue weighted by Crippen LogP contribution is -2.43. The lowest BCUT2D eigenvalue weighted by molar-refractivity contribution is 0.301. The molecule has 1 atom stereocenters. The van der Waals surface area contributed by atoms with Crippen molar-refractivity contribution in [2.24, 2.45) is 0 Å². The third-order valence-corrected chi connectivity index (χ3v) is 5.36. The van der Waals surface area contributed by atoms with Crippen LogP contribution < -0.4 is 10.2 Å². The van der Waals surface area contributed by atoms with E-state index in [-0.39, 0.29) is 0 Å². The molecule has 1 unspecified atom stereocenters. The maximum Gasteiger partial charge on any atom is 0.0440 e. The minimum Gasteiger partial charge on any atom is -0.369 e. The van der Waals surface area contributed by atoms with Crippen LogP contribution in [0.15, 0.2) is 18.7 Å². The molecule has 1 aromatic carbocycles. The van der Waals surface area contributed by atoms with Crippen molar-refractivity contribution in [3.63, 3.8) is 0 Å². The van der Waals surface area contributed by atoms with Crippen molar-refractivity contribution in [1.82, 2.24) is 10.2 Å². The average molecular weight is 313 g/mol. The number of nitrogens with one attached hydrogen (secondary N) is 1. The fourth-order valence-corrected chi connectivity index (χ4v) is 4.05. The van der Waals surface area contributed by atoms with E-state index in [2.05, 4.69) is 54.6 Å². The second-order valence-corrected chi connectivity index (χ2v) is 6.94. The van der Waals surface area contributed by atoms with Gasteiger partial charge in [-0.2, -0.15) is 0 Å². The van der Waals surface area contributed by atoms with E-state index in [0.717, 1.165) is 39.1 Å². The highest BCUT2D eigenvalue weighted by Gasteiger charge is 2.28. The van der Waals surface area contributed by atoms with Crippen molar-refractivity contribution in [1.29, 1.82) is 0 Å². The van der Waals surface area contributed by atoms with Gasteiger partial charge in [-0.15, -0.1) is 0 Å². The topological polar surface area (TPSA) is 18.5 Å². The normalized spacial score (nSPS) is 19.2. The van der Waals surface area contributed by atoms with Crippen molar-refractivity contribution in [2.45, 2.75) is 52.6 Å². The predicted molar refractivity (Wildman–Crippen MR) is 99.8 cm³/mol. The minimum absolute atomic E-state index is 0.576. The highest BCUT2D eigenvalue weighted by molar-refractivity contribution is 5.75. The molecule has 3 heteroatoms. The summed E-state index contributed by atoms with van der Waals surface area (Å²) in [5.74, 6) is 0. The van der Waals surface area contributed by atoms with Crippen LogP contribution in [0, 0.1) is 0 Å². The highest BCUT2D eigenvalue weighted by atomic mass is 15.2. The molecule has 1 fully saturated rings. The second kappa shape index (κ2) is 6.96. The van der Waals surface area contributed by atoms with Gasteiger partial charge in [-0.3, -0.25) is 0 Å². The zero-order valence-electron chi connectivity index (χ0n) is 15.0. The Morgan fingerprint density at radius 1 is 1.22 bits per heavy atom. The second-order valence-electron chi connectivity index (χ2n) is 6.94. The van der Waals surface area contributed by atoms with E-state index < -0.39 is 0 Å². The summed E-state index contributed by atoms with van der Waals surface area (Å²) in [7, 11) is 0. The summed E-state index contributed by atoms with van der Waals surface area (Å²) in [6.07, 6.45) is 3.55. The Bertz CT molecular complexity index is 572. The summed E-state index contributed by atoms with van der Waals surface area (Å²) in [4.78, 5) is 5.03. The first-order chi connectivity index (χ1) is 11.2. The molecule has 0 aliphatic carbocycles. The molecule has 1 aromatic rings. The summed E-state index contributed by atoms with van der Waals surface area (Å²) in [5, 5.41) is 3.44. The fourth-order valence-electron chi connectivity index (χ4n) is 4.05. The van der Waals surface area contributed by atoms with E-state index in [0.29, 0.717) is 6.04 Å². The van der Waals surface area contributed by atoms with Crippen LogP contribution in [-0.2, 0) is 13.0 Å². The Balaban J connectivity index is 1.91. The molecule has 23 heavy (non-hydrogen) atoms. The third kappa shape index (κ3) is 3.12. The highest BCUT2D eigenvalue weighted by Crippen LogP contribution is 2.39. The maximum absolute atomic E-state index is 4.43. The largest absolute Gasteiger partial charge is 0.369 e. The molecule has 1 N–H and O–H groups in total. The molecule has 0 saturated carbocycles. The molecule has 2 aliphatic rings. The Hall–Kier alpha value is -1.48. The first kappa shape index (κ1) is 16.4. The van der Waals surface area contributed by atoms with Crippen LogP contribution in [0.3, 0.4) is 0 Å². The van der Waals surface area contributed by atoms with Gasteiger partial charge in [0.15, 0.2) is 0 Å². The molecular formula is C20H31N3. The summed E-state index contributed by atoms with van der Waals surface area (Å²) >= 11 is 0. The molecule has 0 bridgehead atoms. The van der Waals surface area contributed by atoms with Crippen molar-refractivity contribution in [2.75, 3.05) is 31.1 Å². The number of fused-ring (bicyclic) bond motifs is 1. The number of nitrogens with zero attached hydrogens (tertiary/aromatic N) is 2. The molecular weight excluding hydrogens is 282 g/mol. The summed E-state index contributed by atoms with van der Waals surface area (Å²) < 4.78 is 0. The first-order valence-corrected chi connectivity index (χ1v) is 9.23. The molecule has 0 amide bonds. The Kier molecular flexibility index (Phi) is 4.96. The lowest BCUT2D eigenvalue weighted by Gasteiger charge is -2.30. The zero-order chi connectivity index (χ0) is 16.4. The number of aryl methyl sites for hydroxylation is 1. The van der Waals surface area contributed by atoms with Crippen LogP contribution in [0.4, 0.5) is 5.69 Å². The van der Waals surface area contributed by atoms with Crippen LogP contribution in [0.1, 0.15) is 50.3 Å². The first-order valence-electron chi connectivity index (χ1n) is 9.23. The summed E-state index contributed by atoms with van der Waals surface area (Å²) in [6.45, 7) is 16.7. The number of anilines is 1. The molecule has 3 nitrogen and oxygen atoms in total. The molecule has 3 rings (SSSR count). The van der Waals surface area contributed by atoms with Crippen LogP contribution in [0.5, 0.6) is 0 Å². The number of piperazine rings is 1. The SMILES string of the molecule is C=C1c2c(CC)cc(N3CCNCC3)cc2CN1C(C)CCC. The van der Waals surface area contributed by atoms with Crippen LogP contribution in [0.2, 0.25) is 0 Å². The van der Waals surface area contributed by atoms with E-state index in [1.807, 2.05) is 0 Å². The molecule has 0 radical (unpaired) electrons. The van der Waals surface area contributed by atoms with Gasteiger partial charge in [0.2, 0.25) is 0 Å². The van der Waals surface area contributed by atoms with E-state index in [9.17, 15) is 0 Å². The molecule has 126 valence electrons. The van der Waals surface area contributed by atoms with Crippen LogP contribution in [-0.4, -0.2) is 37.1 Å². The minimum atomic E-state index is 0.576. The van der Waals surface area contributed by atoms with Gasteiger partial charge in [-0.1, -0.05) is 26.8 Å². The van der Waals surface area contributed by atoms with Crippen molar-refractivity contribution in [3.8, 4) is 0 Å². The van der Waals surface area contributed by atoms with Crippen LogP contribution >= 0.6 is 0 Å². The van der Waals surface area contributed by atoms with Gasteiger partial charge >= 0.3 is 0 Å². The lowest BCUT2D eigenvalue weighted by atomic mass is 9.98. The number of hydrogen-bond donors (Lipinski definition) is 1. The number of hydrogen-bond acceptors (Lipinski definition) is 3. The molecule has 1 saturated heterocycles. The molecule has 2 heterocycles. The van der Waals surface area contributed by atoms with Gasteiger partial charge in [-0.25, -0.2) is 0 Å². The molecule has 0 spiro atoms. The quantitative estimate of drug-likeness (QED) is 0.895. The predicted octanol–water partition coefficient (Wildman–Crippen LogP) is 3.63. The van der Waals surface area contributed by atoms with Gasteiger partial charge in [0.25, 0.3) is 0 Å². The number of rotatable bonds is 5. The molecule has 2 aliphatic heterocycles. The third-order valence-electron chi connectivity index (χ3n) is 5.36. The summed E-state index contributed by atoms with van der Waals surface area (Å²) in [6, 6.07) is 5.40. The van der Waals surface area contributed by atoms with Crippen molar-refractivity contribution < 1.29 is 0 Å². The van der Waals surface area contributed by atoms with E-state index in [1.165, 1.54) is 40.9 Å². The van der Waals surface area contributed by atoms with Crippen molar-refractivity contribution >= 4 is 11.4 Å². The standard InChI is InChI=1S/C20H31N3/c1-5-7-15(3)23-14-18-13-19(22-10-8-21-9-11-22)12-17(6-2)20(18)16(23)4/h12-13,15,21H,4-11,14H2,1-3H3. The van der Waals surface area contributed by atoms with Gasteiger partial charge in [0.05, 0.1) is 0 Å². The smallest absolute Gasteiger partial charge is 0.0440 e. The van der Waals surface area contributed by atoms with Gasteiger partial charge < -0.3 is 15.1 Å². The van der Waals surface area contributed by atoms with Gasteiger partial charge in [0.1, 0.15) is 0 Å². The molecule has 0 aromatic heterocycles. The fraction of sp³-hybridized carbons (Fsp3) is 0.600. The Morgan fingerprint density at radius 2 is 1.96 bits per heavy atom. The van der Waals surface area contributed by atoms with E-state index >= 15 is 0 Å². The zero-order valence-corrected chi connectivity index (χ0v) is 15.0. The van der Waals surface area contributed by atoms with Crippen molar-refractivity contribution in [3.05, 3.63) is 35.4 Å². The Morgan fingerprint density at radius 3 is 2.61 bits per heavy atom. The van der Waals surface area contributed by atoms with Crippen LogP contribution in [0.25, 0.3) is 5.70 Å². The van der Waals surface area contributed by atoms with Gasteiger partial charge in [-0.05, 0) is 43.0 Å². The summed E-state index contributed by atoms with van der Waals surface area (Å²) in [5.41, 5.74) is 7.01. The van der Waals surface area contributed by atoms with E-state index in [1.54, 1.807) is 0 Å².